The van der Waals surface area contributed by atoms with Crippen molar-refractivity contribution in [1.82, 2.24) is 0 Å². The van der Waals surface area contributed by atoms with E-state index in [1.807, 2.05) is 0 Å². The number of unbranched alkanes of at least 4 members (excludes halogenated alkanes) is 1. The molecular formula is C16H32O. The van der Waals surface area contributed by atoms with Gasteiger partial charge < -0.3 is 5.11 Å². The minimum absolute atomic E-state index is 0.0557. The van der Waals surface area contributed by atoms with E-state index in [9.17, 15) is 5.11 Å². The van der Waals surface area contributed by atoms with E-state index in [1.54, 1.807) is 0 Å². The van der Waals surface area contributed by atoms with E-state index < -0.39 is 0 Å². The summed E-state index contributed by atoms with van der Waals surface area (Å²) in [5, 5.41) is 9.97. The van der Waals surface area contributed by atoms with Gasteiger partial charge in [0.25, 0.3) is 0 Å². The predicted octanol–water partition coefficient (Wildman–Crippen LogP) is 4.78. The number of aliphatic hydroxyl groups is 1. The fourth-order valence-electron chi connectivity index (χ4n) is 3.67. The van der Waals surface area contributed by atoms with Gasteiger partial charge >= 0.3 is 0 Å². The van der Waals surface area contributed by atoms with Crippen molar-refractivity contribution in [3.05, 3.63) is 0 Å². The molecule has 0 bridgehead atoms. The van der Waals surface area contributed by atoms with Gasteiger partial charge in [-0.3, -0.25) is 0 Å². The van der Waals surface area contributed by atoms with Gasteiger partial charge in [-0.05, 0) is 42.9 Å². The number of rotatable bonds is 6. The second-order valence-corrected chi connectivity index (χ2v) is 6.84. The van der Waals surface area contributed by atoms with E-state index >= 15 is 0 Å². The van der Waals surface area contributed by atoms with Gasteiger partial charge in [0.15, 0.2) is 0 Å². The van der Waals surface area contributed by atoms with Crippen LogP contribution in [-0.2, 0) is 0 Å². The number of aliphatic hydroxyl groups excluding tert-OH is 1. The van der Waals surface area contributed by atoms with E-state index in [4.69, 9.17) is 0 Å². The summed E-state index contributed by atoms with van der Waals surface area (Å²) in [5.41, 5.74) is 0.488. The Morgan fingerprint density at radius 3 is 2.59 bits per heavy atom. The summed E-state index contributed by atoms with van der Waals surface area (Å²) in [6.07, 6.45) is 9.69. The third kappa shape index (κ3) is 4.62. The molecule has 102 valence electrons. The normalized spacial score (nSPS) is 30.2. The molecule has 1 fully saturated rings. The van der Waals surface area contributed by atoms with E-state index in [0.29, 0.717) is 5.41 Å². The van der Waals surface area contributed by atoms with Crippen LogP contribution in [0.15, 0.2) is 0 Å². The van der Waals surface area contributed by atoms with Crippen LogP contribution in [0.1, 0.15) is 79.1 Å². The Bertz CT molecular complexity index is 210. The average molecular weight is 240 g/mol. The molecule has 0 amide bonds. The molecule has 2 unspecified atom stereocenters. The largest absolute Gasteiger partial charge is 0.393 e. The van der Waals surface area contributed by atoms with Gasteiger partial charge in [0.2, 0.25) is 0 Å². The first-order valence-electron chi connectivity index (χ1n) is 7.65. The lowest BCUT2D eigenvalue weighted by Crippen LogP contribution is -2.34. The Morgan fingerprint density at radius 2 is 2.00 bits per heavy atom. The smallest absolute Gasteiger partial charge is 0.0540 e. The highest BCUT2D eigenvalue weighted by molar-refractivity contribution is 4.86. The van der Waals surface area contributed by atoms with Crippen LogP contribution in [0.25, 0.3) is 0 Å². The zero-order chi connectivity index (χ0) is 12.9. The fraction of sp³-hybridized carbons (Fsp3) is 1.00. The first-order chi connectivity index (χ1) is 7.97. The summed E-state index contributed by atoms with van der Waals surface area (Å²) in [4.78, 5) is 0. The van der Waals surface area contributed by atoms with Crippen molar-refractivity contribution in [2.24, 2.45) is 17.3 Å². The molecule has 1 nitrogen and oxygen atoms in total. The minimum Gasteiger partial charge on any atom is -0.393 e. The molecule has 0 aromatic rings. The molecule has 0 aliphatic heterocycles. The lowest BCUT2D eigenvalue weighted by Gasteiger charge is -2.43. The topological polar surface area (TPSA) is 20.2 Å². The van der Waals surface area contributed by atoms with E-state index in [0.717, 1.165) is 24.7 Å². The van der Waals surface area contributed by atoms with Crippen molar-refractivity contribution in [2.75, 3.05) is 0 Å². The Balaban J connectivity index is 2.37. The first-order valence-corrected chi connectivity index (χ1v) is 7.65. The third-order valence-electron chi connectivity index (χ3n) is 4.87. The molecule has 0 aromatic heterocycles. The van der Waals surface area contributed by atoms with Crippen LogP contribution >= 0.6 is 0 Å². The second-order valence-electron chi connectivity index (χ2n) is 6.84. The van der Waals surface area contributed by atoms with E-state index in [-0.39, 0.29) is 6.10 Å². The Morgan fingerprint density at radius 1 is 1.29 bits per heavy atom. The Hall–Kier alpha value is -0.0400. The standard InChI is InChI=1S/C16H32O/c1-5-6-9-14(17)10-11-15-13(2)8-7-12-16(15,3)4/h13-15,17H,5-12H2,1-4H3/t13?,14?,15-/m0/s1. The molecule has 0 radical (unpaired) electrons. The van der Waals surface area contributed by atoms with Crippen molar-refractivity contribution in [1.29, 1.82) is 0 Å². The first kappa shape index (κ1) is 15.0. The molecule has 0 saturated heterocycles. The van der Waals surface area contributed by atoms with Gasteiger partial charge in [-0.15, -0.1) is 0 Å². The maximum Gasteiger partial charge on any atom is 0.0540 e. The lowest BCUT2D eigenvalue weighted by atomic mass is 9.62. The highest BCUT2D eigenvalue weighted by Crippen LogP contribution is 2.46. The van der Waals surface area contributed by atoms with Crippen molar-refractivity contribution in [2.45, 2.75) is 85.2 Å². The molecule has 0 heterocycles. The average Bonchev–Trinajstić information content (AvgIpc) is 2.24. The van der Waals surface area contributed by atoms with Crippen LogP contribution in [0.3, 0.4) is 0 Å². The van der Waals surface area contributed by atoms with Crippen LogP contribution in [0.4, 0.5) is 0 Å². The number of hydrogen-bond acceptors (Lipinski definition) is 1. The lowest BCUT2D eigenvalue weighted by molar-refractivity contribution is 0.0557. The van der Waals surface area contributed by atoms with E-state index in [2.05, 4.69) is 27.7 Å². The Labute approximate surface area is 108 Å². The maximum absolute atomic E-state index is 9.97. The zero-order valence-electron chi connectivity index (χ0n) is 12.3. The monoisotopic (exact) mass is 240 g/mol. The van der Waals surface area contributed by atoms with Crippen molar-refractivity contribution >= 4 is 0 Å². The second kappa shape index (κ2) is 6.78. The molecule has 17 heavy (non-hydrogen) atoms. The summed E-state index contributed by atoms with van der Waals surface area (Å²) in [6.45, 7) is 9.44. The highest BCUT2D eigenvalue weighted by Gasteiger charge is 2.36. The van der Waals surface area contributed by atoms with Gasteiger partial charge in [-0.2, -0.15) is 0 Å². The maximum atomic E-state index is 9.97. The molecule has 1 saturated carbocycles. The van der Waals surface area contributed by atoms with Crippen LogP contribution in [-0.4, -0.2) is 11.2 Å². The Kier molecular flexibility index (Phi) is 5.99. The van der Waals surface area contributed by atoms with Gasteiger partial charge in [0.05, 0.1) is 6.10 Å². The summed E-state index contributed by atoms with van der Waals surface area (Å²) >= 11 is 0. The minimum atomic E-state index is -0.0557. The molecule has 1 N–H and O–H groups in total. The molecule has 0 aromatic carbocycles. The summed E-state index contributed by atoms with van der Waals surface area (Å²) in [5.74, 6) is 1.66. The predicted molar refractivity (Wildman–Crippen MR) is 75.1 cm³/mol. The quantitative estimate of drug-likeness (QED) is 0.708. The zero-order valence-corrected chi connectivity index (χ0v) is 12.3. The molecule has 3 atom stereocenters. The molecule has 0 spiro atoms. The molecule has 1 rings (SSSR count). The van der Waals surface area contributed by atoms with Crippen LogP contribution in [0, 0.1) is 17.3 Å². The van der Waals surface area contributed by atoms with Crippen LogP contribution in [0.2, 0.25) is 0 Å². The third-order valence-corrected chi connectivity index (χ3v) is 4.87. The van der Waals surface area contributed by atoms with Gasteiger partial charge in [-0.1, -0.05) is 53.4 Å². The summed E-state index contributed by atoms with van der Waals surface area (Å²) in [6, 6.07) is 0. The van der Waals surface area contributed by atoms with Gasteiger partial charge in [-0.25, -0.2) is 0 Å². The van der Waals surface area contributed by atoms with Crippen LogP contribution < -0.4 is 0 Å². The van der Waals surface area contributed by atoms with Crippen molar-refractivity contribution in [3.8, 4) is 0 Å². The molecular weight excluding hydrogens is 208 g/mol. The van der Waals surface area contributed by atoms with E-state index in [1.165, 1.54) is 38.5 Å². The number of hydrogen-bond donors (Lipinski definition) is 1. The highest BCUT2D eigenvalue weighted by atomic mass is 16.3. The SMILES string of the molecule is CCCCC(O)CC[C@H]1C(C)CCCC1(C)C. The van der Waals surface area contributed by atoms with Gasteiger partial charge in [0.1, 0.15) is 0 Å². The fourth-order valence-corrected chi connectivity index (χ4v) is 3.67. The van der Waals surface area contributed by atoms with Crippen molar-refractivity contribution in [3.63, 3.8) is 0 Å². The van der Waals surface area contributed by atoms with Gasteiger partial charge in [0, 0.05) is 0 Å². The van der Waals surface area contributed by atoms with Crippen LogP contribution in [0.5, 0.6) is 0 Å². The molecule has 1 heteroatoms. The summed E-state index contributed by atoms with van der Waals surface area (Å²) in [7, 11) is 0. The molecule has 1 aliphatic rings. The van der Waals surface area contributed by atoms with Crippen molar-refractivity contribution < 1.29 is 5.11 Å². The molecule has 1 aliphatic carbocycles. The summed E-state index contributed by atoms with van der Waals surface area (Å²) < 4.78 is 0.